The molecule has 2 aromatic rings. The molecule has 0 aromatic heterocycles. The Morgan fingerprint density at radius 1 is 1.24 bits per heavy atom. The molecule has 1 N–H and O–H groups in total. The van der Waals surface area contributed by atoms with Crippen LogP contribution in [0, 0.1) is 17.0 Å². The van der Waals surface area contributed by atoms with Crippen LogP contribution in [0.5, 0.6) is 5.75 Å². The lowest BCUT2D eigenvalue weighted by atomic mass is 10.1. The molecule has 0 saturated carbocycles. The minimum absolute atomic E-state index is 0.0890. The lowest BCUT2D eigenvalue weighted by Crippen LogP contribution is -2.02. The number of hydrogen-bond acceptors (Lipinski definition) is 4. The van der Waals surface area contributed by atoms with Crippen molar-refractivity contribution in [2.24, 2.45) is 0 Å². The number of aryl methyl sites for hydroxylation is 1. The van der Waals surface area contributed by atoms with E-state index in [0.29, 0.717) is 13.2 Å². The summed E-state index contributed by atoms with van der Waals surface area (Å²) in [6.07, 6.45) is 0. The van der Waals surface area contributed by atoms with Crippen molar-refractivity contribution in [3.05, 3.63) is 63.7 Å². The number of nitrogens with zero attached hydrogens (tertiary/aromatic N) is 1. The highest BCUT2D eigenvalue weighted by Gasteiger charge is 2.08. The molecule has 0 aliphatic heterocycles. The summed E-state index contributed by atoms with van der Waals surface area (Å²) < 4.78 is 5.46. The van der Waals surface area contributed by atoms with Gasteiger partial charge in [0.2, 0.25) is 0 Å². The van der Waals surface area contributed by atoms with Crippen LogP contribution < -0.4 is 10.1 Å². The van der Waals surface area contributed by atoms with Gasteiger partial charge in [0.15, 0.2) is 0 Å². The third-order valence-corrected chi connectivity index (χ3v) is 3.12. The Morgan fingerprint density at radius 3 is 2.76 bits per heavy atom. The van der Waals surface area contributed by atoms with Crippen molar-refractivity contribution in [2.45, 2.75) is 20.4 Å². The molecule has 0 atom stereocenters. The average Bonchev–Trinajstić information content (AvgIpc) is 2.47. The number of ether oxygens (including phenoxy) is 1. The standard InChI is InChI=1S/C16H18N2O3/c1-3-21-15-6-4-5-13(9-15)11-17-16-10-14(18(19)20)8-7-12(16)2/h4-10,17H,3,11H2,1-2H3. The van der Waals surface area contributed by atoms with Gasteiger partial charge in [-0.15, -0.1) is 0 Å². The maximum atomic E-state index is 10.8. The Bertz CT molecular complexity index is 641. The molecule has 5 heteroatoms. The Hall–Kier alpha value is -2.56. The van der Waals surface area contributed by atoms with Gasteiger partial charge in [-0.2, -0.15) is 0 Å². The van der Waals surface area contributed by atoms with E-state index < -0.39 is 0 Å². The van der Waals surface area contributed by atoms with Gasteiger partial charge in [-0.25, -0.2) is 0 Å². The number of nitrogens with one attached hydrogen (secondary N) is 1. The van der Waals surface area contributed by atoms with E-state index in [1.54, 1.807) is 12.1 Å². The zero-order valence-electron chi connectivity index (χ0n) is 12.1. The summed E-state index contributed by atoms with van der Waals surface area (Å²) in [6, 6.07) is 12.6. The molecule has 0 aliphatic rings. The highest BCUT2D eigenvalue weighted by Crippen LogP contribution is 2.23. The number of rotatable bonds is 6. The molecule has 0 heterocycles. The van der Waals surface area contributed by atoms with E-state index in [0.717, 1.165) is 22.6 Å². The van der Waals surface area contributed by atoms with Crippen LogP contribution >= 0.6 is 0 Å². The second-order valence-corrected chi connectivity index (χ2v) is 4.69. The van der Waals surface area contributed by atoms with Crippen molar-refractivity contribution >= 4 is 11.4 Å². The Labute approximate surface area is 123 Å². The molecule has 21 heavy (non-hydrogen) atoms. The summed E-state index contributed by atoms with van der Waals surface area (Å²) in [5.41, 5.74) is 2.89. The smallest absolute Gasteiger partial charge is 0.271 e. The van der Waals surface area contributed by atoms with E-state index >= 15 is 0 Å². The Morgan fingerprint density at radius 2 is 2.05 bits per heavy atom. The first-order chi connectivity index (χ1) is 10.1. The molecule has 0 spiro atoms. The van der Waals surface area contributed by atoms with Gasteiger partial charge in [0, 0.05) is 24.4 Å². The predicted molar refractivity (Wildman–Crippen MR) is 82.8 cm³/mol. The van der Waals surface area contributed by atoms with E-state index in [-0.39, 0.29) is 10.6 Å². The van der Waals surface area contributed by atoms with Crippen molar-refractivity contribution in [3.8, 4) is 5.75 Å². The van der Waals surface area contributed by atoms with Crippen molar-refractivity contribution in [3.63, 3.8) is 0 Å². The van der Waals surface area contributed by atoms with Gasteiger partial charge in [0.1, 0.15) is 5.75 Å². The summed E-state index contributed by atoms with van der Waals surface area (Å²) in [7, 11) is 0. The molecule has 0 amide bonds. The molecule has 2 rings (SSSR count). The summed E-state index contributed by atoms with van der Waals surface area (Å²) in [4.78, 5) is 10.4. The lowest BCUT2D eigenvalue weighted by Gasteiger charge is -2.10. The van der Waals surface area contributed by atoms with Gasteiger partial charge < -0.3 is 10.1 Å². The van der Waals surface area contributed by atoms with E-state index in [2.05, 4.69) is 5.32 Å². The van der Waals surface area contributed by atoms with E-state index in [1.165, 1.54) is 6.07 Å². The quantitative estimate of drug-likeness (QED) is 0.646. The summed E-state index contributed by atoms with van der Waals surface area (Å²) in [5.74, 6) is 0.826. The molecule has 0 saturated heterocycles. The first-order valence-corrected chi connectivity index (χ1v) is 6.81. The minimum Gasteiger partial charge on any atom is -0.494 e. The van der Waals surface area contributed by atoms with Gasteiger partial charge in [0.05, 0.1) is 11.5 Å². The number of anilines is 1. The van der Waals surface area contributed by atoms with Crippen LogP contribution in [0.1, 0.15) is 18.1 Å². The SMILES string of the molecule is CCOc1cccc(CNc2cc([N+](=O)[O-])ccc2C)c1. The molecule has 0 bridgehead atoms. The monoisotopic (exact) mass is 286 g/mol. The normalized spacial score (nSPS) is 10.2. The summed E-state index contributed by atoms with van der Waals surface area (Å²) in [6.45, 7) is 5.07. The van der Waals surface area contributed by atoms with Gasteiger partial charge in [-0.1, -0.05) is 18.2 Å². The van der Waals surface area contributed by atoms with Crippen LogP contribution in [0.15, 0.2) is 42.5 Å². The largest absolute Gasteiger partial charge is 0.494 e. The van der Waals surface area contributed by atoms with E-state index in [4.69, 9.17) is 4.74 Å². The van der Waals surface area contributed by atoms with Crippen LogP contribution in [0.4, 0.5) is 11.4 Å². The third kappa shape index (κ3) is 3.95. The fraction of sp³-hybridized carbons (Fsp3) is 0.250. The number of benzene rings is 2. The summed E-state index contributed by atoms with van der Waals surface area (Å²) >= 11 is 0. The molecule has 0 aliphatic carbocycles. The van der Waals surface area contributed by atoms with Crippen molar-refractivity contribution < 1.29 is 9.66 Å². The molecule has 0 fully saturated rings. The van der Waals surface area contributed by atoms with Crippen LogP contribution in [0.2, 0.25) is 0 Å². The van der Waals surface area contributed by atoms with Crippen LogP contribution in [0.3, 0.4) is 0 Å². The Kier molecular flexibility index (Phi) is 4.77. The highest BCUT2D eigenvalue weighted by atomic mass is 16.6. The number of nitro groups is 1. The zero-order chi connectivity index (χ0) is 15.2. The van der Waals surface area contributed by atoms with Crippen molar-refractivity contribution in [1.29, 1.82) is 0 Å². The number of non-ortho nitro benzene ring substituents is 1. The van der Waals surface area contributed by atoms with Crippen LogP contribution in [0.25, 0.3) is 0 Å². The highest BCUT2D eigenvalue weighted by molar-refractivity contribution is 5.57. The first-order valence-electron chi connectivity index (χ1n) is 6.81. The van der Waals surface area contributed by atoms with Gasteiger partial charge in [0.25, 0.3) is 5.69 Å². The first kappa shape index (κ1) is 14.8. The fourth-order valence-electron chi connectivity index (χ4n) is 2.02. The average molecular weight is 286 g/mol. The second kappa shape index (κ2) is 6.74. The lowest BCUT2D eigenvalue weighted by molar-refractivity contribution is -0.384. The van der Waals surface area contributed by atoms with Crippen LogP contribution in [-0.4, -0.2) is 11.5 Å². The molecule has 5 nitrogen and oxygen atoms in total. The predicted octanol–water partition coefficient (Wildman–Crippen LogP) is 3.91. The summed E-state index contributed by atoms with van der Waals surface area (Å²) in [5, 5.41) is 14.1. The molecular formula is C16H18N2O3. The van der Waals surface area contributed by atoms with E-state index in [1.807, 2.05) is 38.1 Å². The third-order valence-electron chi connectivity index (χ3n) is 3.12. The Balaban J connectivity index is 2.10. The molecule has 0 unspecified atom stereocenters. The molecule has 0 radical (unpaired) electrons. The molecule has 2 aromatic carbocycles. The number of nitro benzene ring substituents is 1. The minimum atomic E-state index is -0.389. The van der Waals surface area contributed by atoms with Gasteiger partial charge in [-0.3, -0.25) is 10.1 Å². The second-order valence-electron chi connectivity index (χ2n) is 4.69. The maximum Gasteiger partial charge on any atom is 0.271 e. The van der Waals surface area contributed by atoms with Crippen molar-refractivity contribution in [1.82, 2.24) is 0 Å². The topological polar surface area (TPSA) is 64.4 Å². The van der Waals surface area contributed by atoms with Gasteiger partial charge in [-0.05, 0) is 37.1 Å². The van der Waals surface area contributed by atoms with Crippen LogP contribution in [-0.2, 0) is 6.54 Å². The molecule has 110 valence electrons. The van der Waals surface area contributed by atoms with Gasteiger partial charge >= 0.3 is 0 Å². The fourth-order valence-corrected chi connectivity index (χ4v) is 2.02. The van der Waals surface area contributed by atoms with Crippen molar-refractivity contribution in [2.75, 3.05) is 11.9 Å². The molecular weight excluding hydrogens is 268 g/mol. The maximum absolute atomic E-state index is 10.8. The zero-order valence-corrected chi connectivity index (χ0v) is 12.1. The van der Waals surface area contributed by atoms with E-state index in [9.17, 15) is 10.1 Å². The number of hydrogen-bond donors (Lipinski definition) is 1.